The number of anilines is 2. The third-order valence-corrected chi connectivity index (χ3v) is 7.80. The summed E-state index contributed by atoms with van der Waals surface area (Å²) in [4.78, 5) is 17.3. The Hall–Kier alpha value is -3.07. The van der Waals surface area contributed by atoms with Crippen LogP contribution < -0.4 is 14.9 Å². The van der Waals surface area contributed by atoms with Crippen LogP contribution in [-0.4, -0.2) is 45.4 Å². The van der Waals surface area contributed by atoms with Crippen LogP contribution in [0.1, 0.15) is 22.1 Å². The predicted octanol–water partition coefficient (Wildman–Crippen LogP) is 3.71. The number of carbonyl (C=O) groups is 1. The number of piperazine rings is 1. The van der Waals surface area contributed by atoms with Gasteiger partial charge in [-0.2, -0.15) is 4.72 Å². The van der Waals surface area contributed by atoms with Crippen LogP contribution in [0.15, 0.2) is 77.7 Å². The average Bonchev–Trinajstić information content (AvgIpc) is 2.84. The van der Waals surface area contributed by atoms with Gasteiger partial charge < -0.3 is 15.1 Å². The SMILES string of the molecule is O=C(c1ccc([C@H]2Nc3ccccc3S(=O)(=O)N2)cc1)N1CCN(c2ccccc2Cl)CC1. The molecule has 3 aromatic rings. The molecule has 2 aliphatic rings. The van der Waals surface area contributed by atoms with Crippen LogP contribution >= 0.6 is 11.6 Å². The smallest absolute Gasteiger partial charge is 0.253 e. The lowest BCUT2D eigenvalue weighted by Crippen LogP contribution is -2.48. The minimum absolute atomic E-state index is 0.0390. The highest BCUT2D eigenvalue weighted by molar-refractivity contribution is 7.89. The van der Waals surface area contributed by atoms with Crippen LogP contribution in [0, 0.1) is 0 Å². The highest BCUT2D eigenvalue weighted by Gasteiger charge is 2.30. The summed E-state index contributed by atoms with van der Waals surface area (Å²) in [5.41, 5.74) is 2.84. The molecule has 3 aromatic carbocycles. The Bertz CT molecular complexity index is 1290. The van der Waals surface area contributed by atoms with Gasteiger partial charge in [-0.25, -0.2) is 8.42 Å². The predicted molar refractivity (Wildman–Crippen MR) is 129 cm³/mol. The summed E-state index contributed by atoms with van der Waals surface area (Å²) in [6.07, 6.45) is -0.604. The lowest BCUT2D eigenvalue weighted by molar-refractivity contribution is 0.0746. The number of hydrogen-bond donors (Lipinski definition) is 2. The van der Waals surface area contributed by atoms with Gasteiger partial charge in [0.15, 0.2) is 0 Å². The number of sulfonamides is 1. The molecule has 0 aromatic heterocycles. The van der Waals surface area contributed by atoms with E-state index in [9.17, 15) is 13.2 Å². The molecule has 0 bridgehead atoms. The zero-order valence-electron chi connectivity index (χ0n) is 17.7. The summed E-state index contributed by atoms with van der Waals surface area (Å²) < 4.78 is 27.8. The molecule has 5 rings (SSSR count). The van der Waals surface area contributed by atoms with Crippen LogP contribution in [0.4, 0.5) is 11.4 Å². The Morgan fingerprint density at radius 2 is 1.55 bits per heavy atom. The number of amides is 1. The molecule has 2 N–H and O–H groups in total. The van der Waals surface area contributed by atoms with Gasteiger partial charge in [0, 0.05) is 31.7 Å². The van der Waals surface area contributed by atoms with Gasteiger partial charge in [0.25, 0.3) is 5.91 Å². The van der Waals surface area contributed by atoms with Gasteiger partial charge in [0.1, 0.15) is 11.1 Å². The normalized spacial score (nSPS) is 19.5. The van der Waals surface area contributed by atoms with Crippen molar-refractivity contribution in [2.24, 2.45) is 0 Å². The van der Waals surface area contributed by atoms with Crippen molar-refractivity contribution in [2.45, 2.75) is 11.1 Å². The first-order valence-corrected chi connectivity index (χ1v) is 12.6. The van der Waals surface area contributed by atoms with Crippen molar-refractivity contribution in [3.63, 3.8) is 0 Å². The summed E-state index contributed by atoms with van der Waals surface area (Å²) in [6.45, 7) is 2.63. The minimum Gasteiger partial charge on any atom is -0.367 e. The summed E-state index contributed by atoms with van der Waals surface area (Å²) >= 11 is 6.31. The second-order valence-corrected chi connectivity index (χ2v) is 10.1. The van der Waals surface area contributed by atoms with Gasteiger partial charge in [-0.3, -0.25) is 4.79 Å². The summed E-state index contributed by atoms with van der Waals surface area (Å²) in [5.74, 6) is -0.0390. The molecule has 2 heterocycles. The van der Waals surface area contributed by atoms with Crippen LogP contribution in [0.5, 0.6) is 0 Å². The molecular formula is C24H23ClN4O3S. The first-order valence-electron chi connectivity index (χ1n) is 10.7. The standard InChI is InChI=1S/C24H23ClN4O3S/c25-19-5-1-3-7-21(19)28-13-15-29(16-14-28)24(30)18-11-9-17(10-12-18)23-26-20-6-2-4-8-22(20)33(31,32)27-23/h1-12,23,26-27H,13-16H2/t23-/m0/s1. The Morgan fingerprint density at radius 1 is 0.879 bits per heavy atom. The fraction of sp³-hybridized carbons (Fsp3) is 0.208. The molecule has 1 atom stereocenters. The fourth-order valence-electron chi connectivity index (χ4n) is 4.23. The number of rotatable bonds is 3. The number of halogens is 1. The molecule has 0 spiro atoms. The van der Waals surface area contributed by atoms with Crippen LogP contribution in [-0.2, 0) is 10.0 Å². The molecule has 1 amide bonds. The van der Waals surface area contributed by atoms with Crippen molar-refractivity contribution in [1.82, 2.24) is 9.62 Å². The first kappa shape index (κ1) is 21.8. The zero-order chi connectivity index (χ0) is 23.0. The molecule has 1 saturated heterocycles. The van der Waals surface area contributed by atoms with E-state index < -0.39 is 16.2 Å². The average molecular weight is 483 g/mol. The Morgan fingerprint density at radius 3 is 2.27 bits per heavy atom. The van der Waals surface area contributed by atoms with Crippen molar-refractivity contribution in [2.75, 3.05) is 36.4 Å². The van der Waals surface area contributed by atoms with Gasteiger partial charge >= 0.3 is 0 Å². The maximum atomic E-state index is 13.0. The van der Waals surface area contributed by atoms with Gasteiger partial charge in [-0.1, -0.05) is 48.0 Å². The molecule has 0 radical (unpaired) electrons. The lowest BCUT2D eigenvalue weighted by Gasteiger charge is -2.36. The summed E-state index contributed by atoms with van der Waals surface area (Å²) in [5, 5.41) is 3.91. The van der Waals surface area contributed by atoms with E-state index in [2.05, 4.69) is 14.9 Å². The van der Waals surface area contributed by atoms with Crippen molar-refractivity contribution in [3.05, 3.63) is 88.9 Å². The third-order valence-electron chi connectivity index (χ3n) is 6.00. The van der Waals surface area contributed by atoms with Crippen molar-refractivity contribution in [1.29, 1.82) is 0 Å². The number of carbonyl (C=O) groups excluding carboxylic acids is 1. The number of para-hydroxylation sites is 2. The number of benzene rings is 3. The molecular weight excluding hydrogens is 460 g/mol. The van der Waals surface area contributed by atoms with Crippen molar-refractivity contribution in [3.8, 4) is 0 Å². The van der Waals surface area contributed by atoms with Gasteiger partial charge in [0.2, 0.25) is 10.0 Å². The largest absolute Gasteiger partial charge is 0.367 e. The van der Waals surface area contributed by atoms with E-state index in [-0.39, 0.29) is 10.8 Å². The third kappa shape index (κ3) is 4.29. The molecule has 0 saturated carbocycles. The van der Waals surface area contributed by atoms with E-state index in [0.29, 0.717) is 42.5 Å². The highest BCUT2D eigenvalue weighted by atomic mass is 35.5. The van der Waals surface area contributed by atoms with Gasteiger partial charge in [0.05, 0.1) is 16.4 Å². The van der Waals surface area contributed by atoms with Crippen LogP contribution in [0.25, 0.3) is 0 Å². The van der Waals surface area contributed by atoms with Gasteiger partial charge in [-0.05, 0) is 42.0 Å². The maximum absolute atomic E-state index is 13.0. The molecule has 0 unspecified atom stereocenters. The monoisotopic (exact) mass is 482 g/mol. The van der Waals surface area contributed by atoms with E-state index in [4.69, 9.17) is 11.6 Å². The number of fused-ring (bicyclic) bond motifs is 1. The lowest BCUT2D eigenvalue weighted by atomic mass is 10.1. The minimum atomic E-state index is -3.62. The molecule has 9 heteroatoms. The second-order valence-electron chi connectivity index (χ2n) is 8.05. The molecule has 33 heavy (non-hydrogen) atoms. The quantitative estimate of drug-likeness (QED) is 0.595. The number of hydrogen-bond acceptors (Lipinski definition) is 5. The van der Waals surface area contributed by atoms with Crippen LogP contribution in [0.2, 0.25) is 5.02 Å². The van der Waals surface area contributed by atoms with E-state index in [0.717, 1.165) is 11.3 Å². The Balaban J connectivity index is 1.26. The van der Waals surface area contributed by atoms with Gasteiger partial charge in [-0.15, -0.1) is 0 Å². The molecule has 170 valence electrons. The van der Waals surface area contributed by atoms with E-state index in [1.807, 2.05) is 29.2 Å². The zero-order valence-corrected chi connectivity index (χ0v) is 19.3. The first-order chi connectivity index (χ1) is 15.9. The molecule has 2 aliphatic heterocycles. The fourth-order valence-corrected chi connectivity index (χ4v) is 5.80. The van der Waals surface area contributed by atoms with E-state index in [1.54, 1.807) is 48.5 Å². The Labute approximate surface area is 198 Å². The maximum Gasteiger partial charge on any atom is 0.253 e. The van der Waals surface area contributed by atoms with Crippen molar-refractivity contribution < 1.29 is 13.2 Å². The highest BCUT2D eigenvalue weighted by Crippen LogP contribution is 2.31. The number of nitrogens with one attached hydrogen (secondary N) is 2. The summed E-state index contributed by atoms with van der Waals surface area (Å²) in [6, 6.07) is 21.6. The van der Waals surface area contributed by atoms with Crippen LogP contribution in [0.3, 0.4) is 0 Å². The Kier molecular flexibility index (Phi) is 5.74. The van der Waals surface area contributed by atoms with E-state index >= 15 is 0 Å². The van der Waals surface area contributed by atoms with E-state index in [1.165, 1.54) is 0 Å². The number of nitrogens with zero attached hydrogens (tertiary/aromatic N) is 2. The summed E-state index contributed by atoms with van der Waals surface area (Å²) in [7, 11) is -3.62. The molecule has 1 fully saturated rings. The molecule has 7 nitrogen and oxygen atoms in total. The molecule has 0 aliphatic carbocycles. The second kappa shape index (κ2) is 8.70. The topological polar surface area (TPSA) is 81.7 Å². The van der Waals surface area contributed by atoms with Crippen molar-refractivity contribution >= 4 is 38.9 Å².